The van der Waals surface area contributed by atoms with Crippen molar-refractivity contribution in [3.8, 4) is 5.88 Å². The maximum absolute atomic E-state index is 13.0. The van der Waals surface area contributed by atoms with E-state index in [1.54, 1.807) is 24.4 Å². The summed E-state index contributed by atoms with van der Waals surface area (Å²) in [6, 6.07) is 11.0. The Morgan fingerprint density at radius 3 is 2.74 bits per heavy atom. The minimum absolute atomic E-state index is 0.0617. The van der Waals surface area contributed by atoms with Gasteiger partial charge in [-0.05, 0) is 48.2 Å². The van der Waals surface area contributed by atoms with Crippen LogP contribution in [-0.2, 0) is 0 Å². The largest absolute Gasteiger partial charge is 0.455 e. The Hall–Kier alpha value is -3.42. The van der Waals surface area contributed by atoms with Crippen LogP contribution >= 0.6 is 23.2 Å². The molecule has 0 bridgehead atoms. The molecule has 0 spiro atoms. The molecule has 0 saturated carbocycles. The number of ether oxygens (including phenoxy) is 1. The molecule has 4 aromatic rings. The molecule has 1 aliphatic heterocycles. The molecule has 1 aliphatic rings. The van der Waals surface area contributed by atoms with E-state index in [9.17, 15) is 4.79 Å². The second-order valence-corrected chi connectivity index (χ2v) is 7.82. The number of carbonyl (C=O) groups is 1. The van der Waals surface area contributed by atoms with Gasteiger partial charge in [0, 0.05) is 29.7 Å². The monoisotopic (exact) mass is 451 g/mol. The van der Waals surface area contributed by atoms with Crippen LogP contribution in [0.1, 0.15) is 15.9 Å². The molecule has 0 atom stereocenters. The Bertz CT molecular complexity index is 1320. The van der Waals surface area contributed by atoms with Crippen LogP contribution in [0.15, 0.2) is 55.0 Å². The van der Waals surface area contributed by atoms with Crippen LogP contribution in [0, 0.1) is 6.92 Å². The number of amides is 1. The second-order valence-electron chi connectivity index (χ2n) is 7.00. The summed E-state index contributed by atoms with van der Waals surface area (Å²) >= 11 is 12.5. The van der Waals surface area contributed by atoms with E-state index in [0.717, 1.165) is 22.0 Å². The minimum atomic E-state index is -0.336. The lowest BCUT2D eigenvalue weighted by molar-refractivity contribution is 0.0932. The highest BCUT2D eigenvalue weighted by Gasteiger charge is 2.31. The molecule has 0 saturated heterocycles. The number of rotatable bonds is 3. The van der Waals surface area contributed by atoms with Gasteiger partial charge in [0.2, 0.25) is 11.8 Å². The lowest BCUT2D eigenvalue weighted by atomic mass is 10.1. The fourth-order valence-electron chi connectivity index (χ4n) is 3.51. The van der Waals surface area contributed by atoms with Crippen LogP contribution < -0.4 is 15.0 Å². The number of fused-ring (bicyclic) bond motifs is 2. The molecule has 0 radical (unpaired) electrons. The maximum Gasteiger partial charge on any atom is 0.268 e. The number of carbonyl (C=O) groups excluding carboxylic acids is 1. The average molecular weight is 452 g/mol. The van der Waals surface area contributed by atoms with Crippen LogP contribution in [0.5, 0.6) is 5.88 Å². The van der Waals surface area contributed by atoms with Gasteiger partial charge in [-0.25, -0.2) is 4.98 Å². The van der Waals surface area contributed by atoms with Crippen molar-refractivity contribution in [1.82, 2.24) is 15.0 Å². The van der Waals surface area contributed by atoms with Crippen LogP contribution in [0.4, 0.5) is 17.3 Å². The zero-order valence-electron chi connectivity index (χ0n) is 16.3. The SMILES string of the molecule is Cc1cc(Nc2ncc3c(n2)OCN(c2c(Cl)cccc2Cl)C3=O)cc2ccncc12. The number of anilines is 3. The Labute approximate surface area is 187 Å². The molecule has 3 heterocycles. The van der Waals surface area contributed by atoms with Gasteiger partial charge in [-0.2, -0.15) is 4.98 Å². The Morgan fingerprint density at radius 1 is 1.13 bits per heavy atom. The van der Waals surface area contributed by atoms with Crippen molar-refractivity contribution in [2.24, 2.45) is 0 Å². The predicted molar refractivity (Wildman–Crippen MR) is 121 cm³/mol. The van der Waals surface area contributed by atoms with Gasteiger partial charge in [-0.3, -0.25) is 14.7 Å². The molecule has 2 aromatic carbocycles. The molecule has 1 amide bonds. The summed E-state index contributed by atoms with van der Waals surface area (Å²) < 4.78 is 5.73. The molecule has 7 nitrogen and oxygen atoms in total. The van der Waals surface area contributed by atoms with Gasteiger partial charge in [-0.15, -0.1) is 0 Å². The standard InChI is InChI=1S/C22H15Cl2N5O2/c1-12-7-14(8-13-5-6-25-9-15(12)13)27-22-26-10-16-20(28-22)31-11-29(21(16)30)19-17(23)3-2-4-18(19)24/h2-10H,11H2,1H3,(H,26,27,28). The summed E-state index contributed by atoms with van der Waals surface area (Å²) in [4.78, 5) is 27.2. The molecular weight excluding hydrogens is 437 g/mol. The van der Waals surface area contributed by atoms with Gasteiger partial charge in [0.1, 0.15) is 5.56 Å². The Morgan fingerprint density at radius 2 is 1.94 bits per heavy atom. The van der Waals surface area contributed by atoms with Crippen molar-refractivity contribution in [1.29, 1.82) is 0 Å². The molecule has 0 unspecified atom stereocenters. The number of nitrogens with one attached hydrogen (secondary N) is 1. The first-order chi connectivity index (χ1) is 15.0. The first kappa shape index (κ1) is 19.5. The summed E-state index contributed by atoms with van der Waals surface area (Å²) in [5.41, 5.74) is 2.52. The number of para-hydroxylation sites is 1. The van der Waals surface area contributed by atoms with E-state index in [0.29, 0.717) is 21.7 Å². The Kier molecular flexibility index (Phi) is 4.84. The molecule has 5 rings (SSSR count). The summed E-state index contributed by atoms with van der Waals surface area (Å²) in [5.74, 6) is 0.184. The van der Waals surface area contributed by atoms with E-state index in [-0.39, 0.29) is 24.1 Å². The van der Waals surface area contributed by atoms with Gasteiger partial charge in [0.05, 0.1) is 15.7 Å². The lowest BCUT2D eigenvalue weighted by Gasteiger charge is -2.29. The number of nitrogens with zero attached hydrogens (tertiary/aromatic N) is 4. The maximum atomic E-state index is 13.0. The lowest BCUT2D eigenvalue weighted by Crippen LogP contribution is -2.39. The summed E-state index contributed by atoms with van der Waals surface area (Å²) in [6.45, 7) is 1.95. The van der Waals surface area contributed by atoms with E-state index in [1.807, 2.05) is 31.3 Å². The topological polar surface area (TPSA) is 80.2 Å². The highest BCUT2D eigenvalue weighted by molar-refractivity contribution is 6.40. The van der Waals surface area contributed by atoms with Gasteiger partial charge >= 0.3 is 0 Å². The third-order valence-corrected chi connectivity index (χ3v) is 5.60. The van der Waals surface area contributed by atoms with Crippen molar-refractivity contribution < 1.29 is 9.53 Å². The first-order valence-electron chi connectivity index (χ1n) is 9.38. The third kappa shape index (κ3) is 3.52. The highest BCUT2D eigenvalue weighted by atomic mass is 35.5. The van der Waals surface area contributed by atoms with E-state index < -0.39 is 0 Å². The second kappa shape index (κ2) is 7.68. The van der Waals surface area contributed by atoms with E-state index in [2.05, 4.69) is 20.3 Å². The predicted octanol–water partition coefficient (Wildman–Crippen LogP) is 5.38. The van der Waals surface area contributed by atoms with Crippen molar-refractivity contribution >= 4 is 57.2 Å². The summed E-state index contributed by atoms with van der Waals surface area (Å²) in [6.07, 6.45) is 5.01. The number of pyridine rings is 1. The smallest absolute Gasteiger partial charge is 0.268 e. The number of aromatic nitrogens is 3. The molecule has 0 fully saturated rings. The van der Waals surface area contributed by atoms with Gasteiger partial charge in [-0.1, -0.05) is 29.3 Å². The van der Waals surface area contributed by atoms with E-state index >= 15 is 0 Å². The van der Waals surface area contributed by atoms with Crippen LogP contribution in [-0.4, -0.2) is 27.6 Å². The van der Waals surface area contributed by atoms with E-state index in [4.69, 9.17) is 27.9 Å². The minimum Gasteiger partial charge on any atom is -0.455 e. The van der Waals surface area contributed by atoms with Crippen LogP contribution in [0.25, 0.3) is 10.8 Å². The third-order valence-electron chi connectivity index (χ3n) is 4.99. The number of halogens is 2. The quantitative estimate of drug-likeness (QED) is 0.450. The molecule has 9 heteroatoms. The Balaban J connectivity index is 1.44. The van der Waals surface area contributed by atoms with Gasteiger partial charge < -0.3 is 10.1 Å². The molecule has 1 N–H and O–H groups in total. The fraction of sp³-hybridized carbons (Fsp3) is 0.0909. The van der Waals surface area contributed by atoms with Gasteiger partial charge in [0.25, 0.3) is 5.91 Å². The average Bonchev–Trinajstić information content (AvgIpc) is 2.75. The number of hydrogen-bond donors (Lipinski definition) is 1. The van der Waals surface area contributed by atoms with Crippen LogP contribution in [0.3, 0.4) is 0 Å². The molecule has 31 heavy (non-hydrogen) atoms. The fourth-order valence-corrected chi connectivity index (χ4v) is 4.11. The normalized spacial score (nSPS) is 13.1. The van der Waals surface area contributed by atoms with E-state index in [1.165, 1.54) is 11.1 Å². The zero-order valence-corrected chi connectivity index (χ0v) is 17.8. The zero-order chi connectivity index (χ0) is 21.5. The van der Waals surface area contributed by atoms with Crippen LogP contribution in [0.2, 0.25) is 10.0 Å². The van der Waals surface area contributed by atoms with Crippen molar-refractivity contribution in [2.75, 3.05) is 16.9 Å². The molecule has 154 valence electrons. The number of benzene rings is 2. The highest BCUT2D eigenvalue weighted by Crippen LogP contribution is 2.37. The first-order valence-corrected chi connectivity index (χ1v) is 10.1. The molecular formula is C22H15Cl2N5O2. The number of hydrogen-bond acceptors (Lipinski definition) is 6. The van der Waals surface area contributed by atoms with Crippen molar-refractivity contribution in [3.05, 3.63) is 76.2 Å². The summed E-state index contributed by atoms with van der Waals surface area (Å²) in [5, 5.41) is 6.01. The van der Waals surface area contributed by atoms with Crippen molar-refractivity contribution in [3.63, 3.8) is 0 Å². The van der Waals surface area contributed by atoms with Crippen molar-refractivity contribution in [2.45, 2.75) is 6.92 Å². The molecule has 2 aromatic heterocycles. The number of aryl methyl sites for hydroxylation is 1. The van der Waals surface area contributed by atoms with Gasteiger partial charge in [0.15, 0.2) is 6.73 Å². The summed E-state index contributed by atoms with van der Waals surface area (Å²) in [7, 11) is 0. The molecule has 0 aliphatic carbocycles.